The molecule has 0 rings (SSSR count). The van der Waals surface area contributed by atoms with Gasteiger partial charge in [-0.25, -0.2) is 0 Å². The average molecular weight is 317 g/mol. The molecule has 0 aliphatic heterocycles. The molecule has 0 heterocycles. The largest absolute Gasteiger partial charge is 0.394 e. The van der Waals surface area contributed by atoms with Gasteiger partial charge in [-0.3, -0.25) is 0 Å². The SMILES string of the molecule is CCCCCCCCCCC[Si](C)(OCCC)OCCC. The molecule has 0 aromatic carbocycles. The van der Waals surface area contributed by atoms with Crippen LogP contribution in [0.2, 0.25) is 12.6 Å². The molecule has 0 spiro atoms. The summed E-state index contributed by atoms with van der Waals surface area (Å²) < 4.78 is 12.1. The first-order chi connectivity index (χ1) is 10.2. The van der Waals surface area contributed by atoms with Gasteiger partial charge in [0.05, 0.1) is 0 Å². The fourth-order valence-electron chi connectivity index (χ4n) is 2.58. The van der Waals surface area contributed by atoms with Crippen molar-refractivity contribution in [2.24, 2.45) is 0 Å². The molecule has 0 N–H and O–H groups in total. The molecule has 2 nitrogen and oxygen atoms in total. The van der Waals surface area contributed by atoms with Gasteiger partial charge in [-0.2, -0.15) is 0 Å². The van der Waals surface area contributed by atoms with Crippen molar-refractivity contribution in [1.82, 2.24) is 0 Å². The summed E-state index contributed by atoms with van der Waals surface area (Å²) in [6.07, 6.45) is 14.7. The van der Waals surface area contributed by atoms with E-state index in [9.17, 15) is 0 Å². The third kappa shape index (κ3) is 13.5. The maximum atomic E-state index is 6.07. The monoisotopic (exact) mass is 316 g/mol. The van der Waals surface area contributed by atoms with Crippen LogP contribution in [-0.4, -0.2) is 21.8 Å². The highest BCUT2D eigenvalue weighted by molar-refractivity contribution is 6.66. The van der Waals surface area contributed by atoms with Gasteiger partial charge in [-0.15, -0.1) is 0 Å². The van der Waals surface area contributed by atoms with Gasteiger partial charge in [0.2, 0.25) is 0 Å². The van der Waals surface area contributed by atoms with Crippen molar-refractivity contribution in [3.63, 3.8) is 0 Å². The summed E-state index contributed by atoms with van der Waals surface area (Å²) in [5.74, 6) is 0. The van der Waals surface area contributed by atoms with Gasteiger partial charge in [0.25, 0.3) is 0 Å². The van der Waals surface area contributed by atoms with Crippen molar-refractivity contribution in [3.05, 3.63) is 0 Å². The first kappa shape index (κ1) is 21.1. The van der Waals surface area contributed by atoms with E-state index in [4.69, 9.17) is 8.85 Å². The molecular weight excluding hydrogens is 276 g/mol. The quantitative estimate of drug-likeness (QED) is 0.241. The first-order valence-electron chi connectivity index (χ1n) is 9.46. The van der Waals surface area contributed by atoms with Crippen molar-refractivity contribution < 1.29 is 8.85 Å². The predicted octanol–water partition coefficient (Wildman–Crippen LogP) is 6.44. The lowest BCUT2D eigenvalue weighted by molar-refractivity contribution is 0.172. The van der Waals surface area contributed by atoms with Gasteiger partial charge in [0.15, 0.2) is 0 Å². The number of rotatable bonds is 16. The van der Waals surface area contributed by atoms with Crippen LogP contribution in [0, 0.1) is 0 Å². The van der Waals surface area contributed by atoms with Gasteiger partial charge < -0.3 is 8.85 Å². The van der Waals surface area contributed by atoms with E-state index < -0.39 is 8.56 Å². The molecule has 21 heavy (non-hydrogen) atoms. The van der Waals surface area contributed by atoms with E-state index in [-0.39, 0.29) is 0 Å². The molecule has 0 fully saturated rings. The molecule has 128 valence electrons. The Morgan fingerprint density at radius 3 is 1.43 bits per heavy atom. The van der Waals surface area contributed by atoms with Crippen LogP contribution < -0.4 is 0 Å². The highest BCUT2D eigenvalue weighted by atomic mass is 28.4. The molecule has 0 saturated heterocycles. The Morgan fingerprint density at radius 1 is 0.571 bits per heavy atom. The summed E-state index contributed by atoms with van der Waals surface area (Å²) in [7, 11) is -1.88. The van der Waals surface area contributed by atoms with Crippen LogP contribution >= 0.6 is 0 Å². The second kappa shape index (κ2) is 15.0. The summed E-state index contributed by atoms with van der Waals surface area (Å²) in [6, 6.07) is 1.17. The van der Waals surface area contributed by atoms with E-state index in [1.807, 2.05) is 0 Å². The lowest BCUT2D eigenvalue weighted by Crippen LogP contribution is -2.39. The summed E-state index contributed by atoms with van der Waals surface area (Å²) >= 11 is 0. The van der Waals surface area contributed by atoms with E-state index in [2.05, 4.69) is 27.3 Å². The van der Waals surface area contributed by atoms with Crippen LogP contribution in [0.25, 0.3) is 0 Å². The molecule has 0 atom stereocenters. The van der Waals surface area contributed by atoms with Crippen molar-refractivity contribution in [2.75, 3.05) is 13.2 Å². The Morgan fingerprint density at radius 2 is 1.00 bits per heavy atom. The Bertz CT molecular complexity index is 201. The van der Waals surface area contributed by atoms with E-state index in [1.54, 1.807) is 0 Å². The standard InChI is InChI=1S/C18H40O2Si/c1-5-8-9-10-11-12-13-14-15-18-21(4,19-16-6-2)20-17-7-3/h5-18H2,1-4H3. The predicted molar refractivity (Wildman–Crippen MR) is 96.1 cm³/mol. The zero-order valence-corrected chi connectivity index (χ0v) is 16.2. The number of unbranched alkanes of at least 4 members (excludes halogenated alkanes) is 8. The molecule has 0 unspecified atom stereocenters. The molecule has 0 amide bonds. The molecule has 0 aromatic rings. The van der Waals surface area contributed by atoms with E-state index >= 15 is 0 Å². The zero-order chi connectivity index (χ0) is 15.8. The number of hydrogen-bond acceptors (Lipinski definition) is 2. The average Bonchev–Trinajstić information content (AvgIpc) is 2.49. The van der Waals surface area contributed by atoms with Gasteiger partial charge in [-0.05, 0) is 25.4 Å². The Kier molecular flexibility index (Phi) is 15.1. The lowest BCUT2D eigenvalue weighted by atomic mass is 10.1. The minimum atomic E-state index is -1.88. The summed E-state index contributed by atoms with van der Waals surface area (Å²) in [5, 5.41) is 0. The third-order valence-electron chi connectivity index (χ3n) is 3.96. The topological polar surface area (TPSA) is 18.5 Å². The lowest BCUT2D eigenvalue weighted by Gasteiger charge is -2.27. The van der Waals surface area contributed by atoms with Crippen LogP contribution in [0.3, 0.4) is 0 Å². The van der Waals surface area contributed by atoms with Gasteiger partial charge in [0.1, 0.15) is 0 Å². The van der Waals surface area contributed by atoms with Crippen LogP contribution in [0.15, 0.2) is 0 Å². The van der Waals surface area contributed by atoms with Gasteiger partial charge in [-0.1, -0.05) is 78.6 Å². The van der Waals surface area contributed by atoms with Gasteiger partial charge in [0, 0.05) is 13.2 Å². The second-order valence-corrected chi connectivity index (χ2v) is 9.75. The highest BCUT2D eigenvalue weighted by Gasteiger charge is 2.30. The maximum Gasteiger partial charge on any atom is 0.334 e. The molecule has 0 saturated carbocycles. The summed E-state index contributed by atoms with van der Waals surface area (Å²) in [5.41, 5.74) is 0. The van der Waals surface area contributed by atoms with E-state index in [0.717, 1.165) is 26.1 Å². The maximum absolute atomic E-state index is 6.07. The Hall–Kier alpha value is 0.137. The molecule has 0 aliphatic rings. The van der Waals surface area contributed by atoms with Gasteiger partial charge >= 0.3 is 8.56 Å². The minimum absolute atomic E-state index is 0.865. The molecular formula is C18H40O2Si. The Balaban J connectivity index is 3.62. The summed E-state index contributed by atoms with van der Waals surface area (Å²) in [6.45, 7) is 10.6. The molecule has 0 aromatic heterocycles. The van der Waals surface area contributed by atoms with Crippen LogP contribution in [-0.2, 0) is 8.85 Å². The fraction of sp³-hybridized carbons (Fsp3) is 1.00. The smallest absolute Gasteiger partial charge is 0.334 e. The number of hydrogen-bond donors (Lipinski definition) is 0. The Labute approximate surface area is 135 Å². The van der Waals surface area contributed by atoms with Crippen molar-refractivity contribution >= 4 is 8.56 Å². The van der Waals surface area contributed by atoms with E-state index in [1.165, 1.54) is 63.8 Å². The van der Waals surface area contributed by atoms with Crippen molar-refractivity contribution in [3.8, 4) is 0 Å². The molecule has 0 aliphatic carbocycles. The normalized spacial score (nSPS) is 12.0. The molecule has 3 heteroatoms. The molecule has 0 radical (unpaired) electrons. The first-order valence-corrected chi connectivity index (χ1v) is 12.0. The second-order valence-electron chi connectivity index (χ2n) is 6.41. The van der Waals surface area contributed by atoms with Crippen molar-refractivity contribution in [2.45, 2.75) is 104 Å². The van der Waals surface area contributed by atoms with Crippen LogP contribution in [0.4, 0.5) is 0 Å². The van der Waals surface area contributed by atoms with Crippen LogP contribution in [0.5, 0.6) is 0 Å². The molecule has 0 bridgehead atoms. The fourth-order valence-corrected chi connectivity index (χ4v) is 5.11. The third-order valence-corrected chi connectivity index (χ3v) is 6.85. The van der Waals surface area contributed by atoms with Crippen molar-refractivity contribution in [1.29, 1.82) is 0 Å². The zero-order valence-electron chi connectivity index (χ0n) is 15.2. The summed E-state index contributed by atoms with van der Waals surface area (Å²) in [4.78, 5) is 0. The highest BCUT2D eigenvalue weighted by Crippen LogP contribution is 2.20. The minimum Gasteiger partial charge on any atom is -0.394 e. The van der Waals surface area contributed by atoms with E-state index in [0.29, 0.717) is 0 Å². The van der Waals surface area contributed by atoms with Crippen LogP contribution in [0.1, 0.15) is 91.4 Å².